The number of thiophene rings is 1. The van der Waals surface area contributed by atoms with Crippen LogP contribution in [-0.2, 0) is 28.9 Å². The van der Waals surface area contributed by atoms with Crippen molar-refractivity contribution >= 4 is 39.8 Å². The Kier molecular flexibility index (Phi) is 8.41. The van der Waals surface area contributed by atoms with Crippen LogP contribution < -0.4 is 5.32 Å². The number of hydrogen-bond acceptors (Lipinski definition) is 6. The fourth-order valence-electron chi connectivity index (χ4n) is 4.62. The van der Waals surface area contributed by atoms with Gasteiger partial charge in [-0.2, -0.15) is 0 Å². The third-order valence-electron chi connectivity index (χ3n) is 6.28. The average molecular weight is 490 g/mol. The number of piperazine rings is 1. The molecule has 1 fully saturated rings. The fraction of sp³-hybridized carbons (Fsp3) is 0.520. The molecule has 2 heterocycles. The zero-order chi connectivity index (χ0) is 23.2. The van der Waals surface area contributed by atoms with Gasteiger partial charge in [0, 0.05) is 42.6 Å². The summed E-state index contributed by atoms with van der Waals surface area (Å²) in [5.74, 6) is -0.387. The number of benzene rings is 1. The van der Waals surface area contributed by atoms with Gasteiger partial charge in [0.25, 0.3) is 0 Å². The van der Waals surface area contributed by atoms with Crippen LogP contribution in [0.5, 0.6) is 0 Å². The zero-order valence-electron chi connectivity index (χ0n) is 19.2. The van der Waals surface area contributed by atoms with Crippen molar-refractivity contribution in [2.75, 3.05) is 44.6 Å². The first-order valence-electron chi connectivity index (χ1n) is 11.8. The molecule has 1 saturated heterocycles. The van der Waals surface area contributed by atoms with Crippen LogP contribution in [0.3, 0.4) is 0 Å². The number of carbonyl (C=O) groups excluding carboxylic acids is 2. The Hall–Kier alpha value is -1.93. The van der Waals surface area contributed by atoms with Gasteiger partial charge in [-0.3, -0.25) is 14.6 Å². The third kappa shape index (κ3) is 6.35. The van der Waals surface area contributed by atoms with Crippen molar-refractivity contribution in [3.8, 4) is 0 Å². The molecule has 0 spiro atoms. The van der Waals surface area contributed by atoms with Crippen LogP contribution in [0.1, 0.15) is 52.5 Å². The Bertz CT molecular complexity index is 985. The van der Waals surface area contributed by atoms with Crippen LogP contribution in [0.25, 0.3) is 0 Å². The first kappa shape index (κ1) is 24.2. The second kappa shape index (κ2) is 11.5. The largest absolute Gasteiger partial charge is 0.462 e. The van der Waals surface area contributed by atoms with Crippen LogP contribution in [0, 0.1) is 0 Å². The molecule has 0 atom stereocenters. The maximum atomic E-state index is 12.9. The number of halogens is 1. The summed E-state index contributed by atoms with van der Waals surface area (Å²) in [7, 11) is 0. The number of amides is 1. The van der Waals surface area contributed by atoms with Gasteiger partial charge in [-0.05, 0) is 55.9 Å². The molecule has 1 aliphatic carbocycles. The SMILES string of the molecule is CCOC(=O)c1c(NC(=O)CN2CCN(Cc3cccc(Cl)c3)CC2)sc2c1CCCCC2. The highest BCUT2D eigenvalue weighted by atomic mass is 35.5. The molecule has 0 saturated carbocycles. The molecule has 0 unspecified atom stereocenters. The first-order valence-corrected chi connectivity index (χ1v) is 13.0. The van der Waals surface area contributed by atoms with Gasteiger partial charge in [0.15, 0.2) is 0 Å². The molecule has 0 bridgehead atoms. The minimum absolute atomic E-state index is 0.0692. The molecule has 6 nitrogen and oxygen atoms in total. The number of rotatable bonds is 7. The number of hydrogen-bond donors (Lipinski definition) is 1. The number of esters is 1. The van der Waals surface area contributed by atoms with E-state index in [0.717, 1.165) is 69.0 Å². The van der Waals surface area contributed by atoms with Crippen molar-refractivity contribution in [2.24, 2.45) is 0 Å². The highest BCUT2D eigenvalue weighted by Crippen LogP contribution is 2.38. The quantitative estimate of drug-likeness (QED) is 0.455. The van der Waals surface area contributed by atoms with E-state index in [2.05, 4.69) is 21.2 Å². The number of aryl methyl sites for hydroxylation is 1. The lowest BCUT2D eigenvalue weighted by molar-refractivity contribution is -0.117. The van der Waals surface area contributed by atoms with Crippen LogP contribution in [-0.4, -0.2) is 61.0 Å². The van der Waals surface area contributed by atoms with Crippen LogP contribution >= 0.6 is 22.9 Å². The number of anilines is 1. The Morgan fingerprint density at radius 1 is 1.09 bits per heavy atom. The minimum atomic E-state index is -0.318. The molecule has 1 amide bonds. The molecule has 1 aromatic heterocycles. The zero-order valence-corrected chi connectivity index (χ0v) is 20.8. The summed E-state index contributed by atoms with van der Waals surface area (Å²) in [5, 5.41) is 4.46. The lowest BCUT2D eigenvalue weighted by Gasteiger charge is -2.34. The highest BCUT2D eigenvalue weighted by Gasteiger charge is 2.27. The van der Waals surface area contributed by atoms with E-state index in [-0.39, 0.29) is 11.9 Å². The van der Waals surface area contributed by atoms with Crippen LogP contribution in [0.2, 0.25) is 5.02 Å². The van der Waals surface area contributed by atoms with Crippen molar-refractivity contribution in [1.29, 1.82) is 0 Å². The lowest BCUT2D eigenvalue weighted by Crippen LogP contribution is -2.48. The molecular weight excluding hydrogens is 458 g/mol. The summed E-state index contributed by atoms with van der Waals surface area (Å²) < 4.78 is 5.33. The topological polar surface area (TPSA) is 61.9 Å². The molecule has 1 aromatic carbocycles. The summed E-state index contributed by atoms with van der Waals surface area (Å²) >= 11 is 7.65. The van der Waals surface area contributed by atoms with Gasteiger partial charge in [-0.15, -0.1) is 11.3 Å². The van der Waals surface area contributed by atoms with Gasteiger partial charge < -0.3 is 10.1 Å². The van der Waals surface area contributed by atoms with Gasteiger partial charge in [-0.25, -0.2) is 4.79 Å². The molecule has 0 radical (unpaired) electrons. The van der Waals surface area contributed by atoms with Gasteiger partial charge in [0.1, 0.15) is 5.00 Å². The van der Waals surface area contributed by atoms with Crippen molar-refractivity contribution in [1.82, 2.24) is 9.80 Å². The molecule has 1 aliphatic heterocycles. The van der Waals surface area contributed by atoms with E-state index in [1.807, 2.05) is 25.1 Å². The Morgan fingerprint density at radius 2 is 1.85 bits per heavy atom. The lowest BCUT2D eigenvalue weighted by atomic mass is 10.1. The number of carbonyl (C=O) groups is 2. The van der Waals surface area contributed by atoms with Crippen molar-refractivity contribution in [3.05, 3.63) is 50.9 Å². The molecule has 2 aromatic rings. The van der Waals surface area contributed by atoms with Gasteiger partial charge in [-0.1, -0.05) is 30.2 Å². The normalized spacial score (nSPS) is 17.3. The number of nitrogens with one attached hydrogen (secondary N) is 1. The molecule has 8 heteroatoms. The Morgan fingerprint density at radius 3 is 2.61 bits per heavy atom. The molecule has 4 rings (SSSR count). The molecular formula is C25H32ClN3O3S. The maximum absolute atomic E-state index is 12.9. The molecule has 178 valence electrons. The standard InChI is InChI=1S/C25H32ClN3O3S/c1-2-32-25(31)23-20-9-4-3-5-10-21(20)33-24(23)27-22(30)17-29-13-11-28(12-14-29)16-18-7-6-8-19(26)15-18/h6-8,15H,2-5,9-14,16-17H2,1H3,(H,27,30). The van der Waals surface area contributed by atoms with E-state index in [4.69, 9.17) is 16.3 Å². The molecule has 2 aliphatic rings. The Balaban J connectivity index is 1.34. The molecule has 1 N–H and O–H groups in total. The fourth-order valence-corrected chi connectivity index (χ4v) is 6.12. The van der Waals surface area contributed by atoms with Crippen molar-refractivity contribution in [3.63, 3.8) is 0 Å². The third-order valence-corrected chi connectivity index (χ3v) is 7.72. The van der Waals surface area contributed by atoms with E-state index >= 15 is 0 Å². The molecule has 33 heavy (non-hydrogen) atoms. The van der Waals surface area contributed by atoms with Crippen LogP contribution in [0.4, 0.5) is 5.00 Å². The van der Waals surface area contributed by atoms with E-state index in [1.54, 1.807) is 11.3 Å². The predicted octanol–water partition coefficient (Wildman–Crippen LogP) is 4.60. The monoisotopic (exact) mass is 489 g/mol. The summed E-state index contributed by atoms with van der Waals surface area (Å²) in [6.45, 7) is 6.81. The second-order valence-corrected chi connectivity index (χ2v) is 10.3. The highest BCUT2D eigenvalue weighted by molar-refractivity contribution is 7.17. The average Bonchev–Trinajstić information content (AvgIpc) is 2.95. The first-order chi connectivity index (χ1) is 16.0. The maximum Gasteiger partial charge on any atom is 0.341 e. The second-order valence-electron chi connectivity index (χ2n) is 8.72. The van der Waals surface area contributed by atoms with E-state index < -0.39 is 0 Å². The van der Waals surface area contributed by atoms with Gasteiger partial charge in [0.2, 0.25) is 5.91 Å². The van der Waals surface area contributed by atoms with Gasteiger partial charge in [0.05, 0.1) is 18.7 Å². The summed E-state index contributed by atoms with van der Waals surface area (Å²) in [4.78, 5) is 31.4. The van der Waals surface area contributed by atoms with E-state index in [1.165, 1.54) is 16.9 Å². The number of ether oxygens (including phenoxy) is 1. The predicted molar refractivity (Wildman–Crippen MR) is 133 cm³/mol. The van der Waals surface area contributed by atoms with Gasteiger partial charge >= 0.3 is 5.97 Å². The van der Waals surface area contributed by atoms with E-state index in [0.29, 0.717) is 23.7 Å². The Labute approximate surface area is 204 Å². The summed E-state index contributed by atoms with van der Waals surface area (Å²) in [5.41, 5.74) is 2.87. The van der Waals surface area contributed by atoms with Crippen LogP contribution in [0.15, 0.2) is 24.3 Å². The number of nitrogens with zero attached hydrogens (tertiary/aromatic N) is 2. The minimum Gasteiger partial charge on any atom is -0.462 e. The van der Waals surface area contributed by atoms with Crippen molar-refractivity contribution < 1.29 is 14.3 Å². The van der Waals surface area contributed by atoms with Crippen molar-refractivity contribution in [2.45, 2.75) is 45.6 Å². The number of fused-ring (bicyclic) bond motifs is 1. The summed E-state index contributed by atoms with van der Waals surface area (Å²) in [6, 6.07) is 7.97. The van der Waals surface area contributed by atoms with E-state index in [9.17, 15) is 9.59 Å². The summed E-state index contributed by atoms with van der Waals surface area (Å²) in [6.07, 6.45) is 5.22. The smallest absolute Gasteiger partial charge is 0.341 e.